The molecule has 0 amide bonds. The Bertz CT molecular complexity index is 376. The van der Waals surface area contributed by atoms with Gasteiger partial charge in [-0.25, -0.2) is 0 Å². The standard InChI is InChI=1S/C13H19NO.ClH/c1-4-11(14)9-5-6-12-10(7-9)8-13(2,3)15-12;/h5-7,11H,4,8,14H2,1-3H3;1H. The summed E-state index contributed by atoms with van der Waals surface area (Å²) in [6, 6.07) is 6.47. The summed E-state index contributed by atoms with van der Waals surface area (Å²) in [5, 5.41) is 0. The van der Waals surface area contributed by atoms with Crippen LogP contribution in [0.5, 0.6) is 5.75 Å². The van der Waals surface area contributed by atoms with Crippen molar-refractivity contribution in [1.82, 2.24) is 0 Å². The summed E-state index contributed by atoms with van der Waals surface area (Å²) < 4.78 is 5.82. The first-order valence-electron chi connectivity index (χ1n) is 5.59. The number of halogens is 1. The lowest BCUT2D eigenvalue weighted by molar-refractivity contribution is 0.138. The van der Waals surface area contributed by atoms with Gasteiger partial charge in [0.2, 0.25) is 0 Å². The van der Waals surface area contributed by atoms with Gasteiger partial charge in [0.15, 0.2) is 0 Å². The van der Waals surface area contributed by atoms with Gasteiger partial charge in [-0.1, -0.05) is 19.1 Å². The van der Waals surface area contributed by atoms with E-state index >= 15 is 0 Å². The van der Waals surface area contributed by atoms with Crippen molar-refractivity contribution >= 4 is 12.4 Å². The molecule has 0 radical (unpaired) electrons. The molecule has 3 heteroatoms. The lowest BCUT2D eigenvalue weighted by Gasteiger charge is -2.16. The van der Waals surface area contributed by atoms with Crippen LogP contribution in [0.25, 0.3) is 0 Å². The fourth-order valence-electron chi connectivity index (χ4n) is 2.10. The smallest absolute Gasteiger partial charge is 0.123 e. The molecule has 2 nitrogen and oxygen atoms in total. The van der Waals surface area contributed by atoms with Crippen LogP contribution in [0.4, 0.5) is 0 Å². The molecule has 1 aliphatic rings. The molecule has 1 aromatic carbocycles. The molecule has 1 atom stereocenters. The minimum atomic E-state index is -0.0583. The molecule has 90 valence electrons. The van der Waals surface area contributed by atoms with Crippen molar-refractivity contribution in [3.8, 4) is 5.75 Å². The van der Waals surface area contributed by atoms with Gasteiger partial charge < -0.3 is 10.5 Å². The van der Waals surface area contributed by atoms with E-state index in [-0.39, 0.29) is 24.0 Å². The van der Waals surface area contributed by atoms with Crippen LogP contribution < -0.4 is 10.5 Å². The van der Waals surface area contributed by atoms with E-state index in [1.165, 1.54) is 11.1 Å². The van der Waals surface area contributed by atoms with Crippen LogP contribution in [0.2, 0.25) is 0 Å². The van der Waals surface area contributed by atoms with Gasteiger partial charge in [0.1, 0.15) is 11.4 Å². The van der Waals surface area contributed by atoms with Crippen molar-refractivity contribution in [3.05, 3.63) is 29.3 Å². The van der Waals surface area contributed by atoms with E-state index in [2.05, 4.69) is 39.0 Å². The van der Waals surface area contributed by atoms with Gasteiger partial charge in [0.25, 0.3) is 0 Å². The summed E-state index contributed by atoms with van der Waals surface area (Å²) in [7, 11) is 0. The Balaban J connectivity index is 0.00000128. The van der Waals surface area contributed by atoms with E-state index < -0.39 is 0 Å². The van der Waals surface area contributed by atoms with Crippen molar-refractivity contribution in [1.29, 1.82) is 0 Å². The van der Waals surface area contributed by atoms with Gasteiger partial charge in [-0.15, -0.1) is 12.4 Å². The lowest BCUT2D eigenvalue weighted by atomic mass is 9.97. The van der Waals surface area contributed by atoms with Crippen LogP contribution in [-0.2, 0) is 6.42 Å². The van der Waals surface area contributed by atoms with Gasteiger partial charge in [0, 0.05) is 12.5 Å². The Labute approximate surface area is 104 Å². The second-order valence-corrected chi connectivity index (χ2v) is 4.92. The Kier molecular flexibility index (Phi) is 3.87. The molecule has 16 heavy (non-hydrogen) atoms. The maximum atomic E-state index is 6.02. The van der Waals surface area contributed by atoms with Gasteiger partial charge in [-0.05, 0) is 37.5 Å². The Morgan fingerprint density at radius 3 is 2.75 bits per heavy atom. The van der Waals surface area contributed by atoms with E-state index in [4.69, 9.17) is 10.5 Å². The van der Waals surface area contributed by atoms with E-state index in [0.717, 1.165) is 18.6 Å². The highest BCUT2D eigenvalue weighted by molar-refractivity contribution is 5.85. The van der Waals surface area contributed by atoms with Crippen LogP contribution in [-0.4, -0.2) is 5.60 Å². The molecule has 0 bridgehead atoms. The Morgan fingerprint density at radius 1 is 1.44 bits per heavy atom. The first-order valence-corrected chi connectivity index (χ1v) is 5.59. The molecule has 0 aromatic heterocycles. The van der Waals surface area contributed by atoms with E-state index in [1.807, 2.05) is 0 Å². The summed E-state index contributed by atoms with van der Waals surface area (Å²) >= 11 is 0. The molecular weight excluding hydrogens is 222 g/mol. The summed E-state index contributed by atoms with van der Waals surface area (Å²) in [6.07, 6.45) is 1.95. The topological polar surface area (TPSA) is 35.2 Å². The van der Waals surface area contributed by atoms with Crippen molar-refractivity contribution in [3.63, 3.8) is 0 Å². The average Bonchev–Trinajstić information content (AvgIpc) is 2.49. The maximum absolute atomic E-state index is 6.02. The molecule has 0 saturated heterocycles. The van der Waals surface area contributed by atoms with Crippen molar-refractivity contribution in [2.45, 2.75) is 45.3 Å². The zero-order valence-electron chi connectivity index (χ0n) is 10.1. The number of nitrogens with two attached hydrogens (primary N) is 1. The second-order valence-electron chi connectivity index (χ2n) is 4.92. The number of hydrogen-bond acceptors (Lipinski definition) is 2. The minimum Gasteiger partial charge on any atom is -0.487 e. The molecular formula is C13H20ClNO. The molecule has 1 aliphatic heterocycles. The average molecular weight is 242 g/mol. The quantitative estimate of drug-likeness (QED) is 0.863. The summed E-state index contributed by atoms with van der Waals surface area (Å²) in [5.74, 6) is 1.02. The summed E-state index contributed by atoms with van der Waals surface area (Å²) in [5.41, 5.74) is 8.47. The van der Waals surface area contributed by atoms with E-state index in [1.54, 1.807) is 0 Å². The summed E-state index contributed by atoms with van der Waals surface area (Å²) in [4.78, 5) is 0. The zero-order valence-corrected chi connectivity index (χ0v) is 10.9. The largest absolute Gasteiger partial charge is 0.487 e. The molecule has 0 aliphatic carbocycles. The second kappa shape index (κ2) is 4.64. The first kappa shape index (κ1) is 13.3. The molecule has 1 heterocycles. The summed E-state index contributed by atoms with van der Waals surface area (Å²) in [6.45, 7) is 6.34. The predicted octanol–water partition coefficient (Wildman–Crippen LogP) is 3.23. The van der Waals surface area contributed by atoms with Crippen molar-refractivity contribution in [2.24, 2.45) is 5.73 Å². The highest BCUT2D eigenvalue weighted by Gasteiger charge is 2.30. The number of fused-ring (bicyclic) bond motifs is 1. The third kappa shape index (κ3) is 2.50. The van der Waals surface area contributed by atoms with E-state index in [0.29, 0.717) is 0 Å². The fourth-order valence-corrected chi connectivity index (χ4v) is 2.10. The van der Waals surface area contributed by atoms with Crippen LogP contribution in [0, 0.1) is 0 Å². The maximum Gasteiger partial charge on any atom is 0.123 e. The third-order valence-electron chi connectivity index (χ3n) is 2.95. The Hall–Kier alpha value is -0.730. The van der Waals surface area contributed by atoms with Crippen LogP contribution >= 0.6 is 12.4 Å². The van der Waals surface area contributed by atoms with Gasteiger partial charge >= 0.3 is 0 Å². The van der Waals surface area contributed by atoms with Gasteiger partial charge in [-0.3, -0.25) is 0 Å². The molecule has 1 aromatic rings. The number of hydrogen-bond donors (Lipinski definition) is 1. The monoisotopic (exact) mass is 241 g/mol. The molecule has 2 rings (SSSR count). The van der Waals surface area contributed by atoms with Crippen LogP contribution in [0.3, 0.4) is 0 Å². The minimum absolute atomic E-state index is 0. The van der Waals surface area contributed by atoms with E-state index in [9.17, 15) is 0 Å². The van der Waals surface area contributed by atoms with Crippen molar-refractivity contribution < 1.29 is 4.74 Å². The first-order chi connectivity index (χ1) is 7.02. The fraction of sp³-hybridized carbons (Fsp3) is 0.538. The highest BCUT2D eigenvalue weighted by Crippen LogP contribution is 2.36. The predicted molar refractivity (Wildman–Crippen MR) is 69.3 cm³/mol. The van der Waals surface area contributed by atoms with Gasteiger partial charge in [-0.2, -0.15) is 0 Å². The molecule has 0 fully saturated rings. The molecule has 0 spiro atoms. The molecule has 2 N–H and O–H groups in total. The highest BCUT2D eigenvalue weighted by atomic mass is 35.5. The van der Waals surface area contributed by atoms with Gasteiger partial charge in [0.05, 0.1) is 0 Å². The number of benzene rings is 1. The molecule has 1 unspecified atom stereocenters. The third-order valence-corrected chi connectivity index (χ3v) is 2.95. The lowest BCUT2D eigenvalue weighted by Crippen LogP contribution is -2.24. The van der Waals surface area contributed by atoms with Crippen molar-refractivity contribution in [2.75, 3.05) is 0 Å². The van der Waals surface area contributed by atoms with Crippen LogP contribution in [0.15, 0.2) is 18.2 Å². The number of rotatable bonds is 2. The normalized spacial score (nSPS) is 18.2. The SMILES string of the molecule is CCC(N)c1ccc2c(c1)CC(C)(C)O2.Cl. The number of ether oxygens (including phenoxy) is 1. The molecule has 0 saturated carbocycles. The Morgan fingerprint density at radius 2 is 2.12 bits per heavy atom. The van der Waals surface area contributed by atoms with Crippen LogP contribution in [0.1, 0.15) is 44.4 Å². The zero-order chi connectivity index (χ0) is 11.1.